The van der Waals surface area contributed by atoms with Crippen LogP contribution in [0.3, 0.4) is 0 Å². The molecule has 0 spiro atoms. The molecule has 0 radical (unpaired) electrons. The summed E-state index contributed by atoms with van der Waals surface area (Å²) in [6.07, 6.45) is 3.10. The average molecular weight is 282 g/mol. The Bertz CT molecular complexity index is 373. The van der Waals surface area contributed by atoms with Gasteiger partial charge in [-0.2, -0.15) is 0 Å². The van der Waals surface area contributed by atoms with Gasteiger partial charge in [-0.15, -0.1) is 0 Å². The van der Waals surface area contributed by atoms with E-state index in [0.29, 0.717) is 5.57 Å². The van der Waals surface area contributed by atoms with Crippen LogP contribution in [0.4, 0.5) is 8.78 Å². The highest BCUT2D eigenvalue weighted by molar-refractivity contribution is 5.23. The molecule has 0 nitrogen and oxygen atoms in total. The highest BCUT2D eigenvalue weighted by Gasteiger charge is 1.88. The van der Waals surface area contributed by atoms with Crippen molar-refractivity contribution in [1.29, 1.82) is 0 Å². The number of benzene rings is 1. The molecule has 0 N–H and O–H groups in total. The molecule has 0 amide bonds. The molecule has 0 unspecified atom stereocenters. The topological polar surface area (TPSA) is 0 Å². The minimum Gasteiger partial charge on any atom is -0.207 e. The third-order valence-corrected chi connectivity index (χ3v) is 1.78. The van der Waals surface area contributed by atoms with Crippen molar-refractivity contribution < 1.29 is 8.78 Å². The van der Waals surface area contributed by atoms with Gasteiger partial charge in [0.15, 0.2) is 0 Å². The molecule has 2 heteroatoms. The van der Waals surface area contributed by atoms with Crippen molar-refractivity contribution in [1.82, 2.24) is 0 Å². The van der Waals surface area contributed by atoms with E-state index in [4.69, 9.17) is 0 Å². The van der Waals surface area contributed by atoms with E-state index in [9.17, 15) is 8.78 Å². The zero-order chi connectivity index (χ0) is 16.6. The summed E-state index contributed by atoms with van der Waals surface area (Å²) in [7, 11) is 0. The van der Waals surface area contributed by atoms with Crippen LogP contribution in [0.5, 0.6) is 0 Å². The standard InChI is InChI=1S/C7H7F.C7H9F.2C2H6/c1-6-3-2-4-7(8)5-6;1-4-5-6(2)7(3)8;2*1-2/h2-5H,1H3;4-5H,1,3H2,2H3;2*1-2H3/b;6-5-;;. The molecule has 0 aliphatic heterocycles. The molecular formula is C18H28F2. The van der Waals surface area contributed by atoms with Crippen LogP contribution >= 0.6 is 0 Å². The number of aryl methyl sites for hydroxylation is 1. The zero-order valence-corrected chi connectivity index (χ0v) is 13.6. The molecule has 0 saturated heterocycles. The Morgan fingerprint density at radius 2 is 1.65 bits per heavy atom. The van der Waals surface area contributed by atoms with E-state index in [2.05, 4.69) is 13.2 Å². The Hall–Kier alpha value is -1.70. The van der Waals surface area contributed by atoms with Gasteiger partial charge >= 0.3 is 0 Å². The highest BCUT2D eigenvalue weighted by atomic mass is 19.1. The molecule has 0 heterocycles. The summed E-state index contributed by atoms with van der Waals surface area (Å²) >= 11 is 0. The lowest BCUT2D eigenvalue weighted by Gasteiger charge is -1.88. The van der Waals surface area contributed by atoms with Gasteiger partial charge in [-0.05, 0) is 37.1 Å². The molecule has 20 heavy (non-hydrogen) atoms. The normalized spacial score (nSPS) is 8.70. The number of halogens is 2. The van der Waals surface area contributed by atoms with Crippen molar-refractivity contribution in [2.45, 2.75) is 41.5 Å². The monoisotopic (exact) mass is 282 g/mol. The first-order valence-electron chi connectivity index (χ1n) is 6.83. The summed E-state index contributed by atoms with van der Waals surface area (Å²) in [5, 5.41) is 0. The van der Waals surface area contributed by atoms with Crippen molar-refractivity contribution in [3.05, 3.63) is 72.4 Å². The van der Waals surface area contributed by atoms with Gasteiger partial charge in [0, 0.05) is 0 Å². The molecule has 1 rings (SSSR count). The van der Waals surface area contributed by atoms with Crippen LogP contribution in [0, 0.1) is 12.7 Å². The molecule has 1 aromatic rings. The first-order chi connectivity index (χ1) is 9.47. The summed E-state index contributed by atoms with van der Waals surface area (Å²) in [6, 6.07) is 6.50. The Morgan fingerprint density at radius 1 is 1.15 bits per heavy atom. The van der Waals surface area contributed by atoms with E-state index in [0.717, 1.165) is 5.56 Å². The Morgan fingerprint density at radius 3 is 1.85 bits per heavy atom. The second kappa shape index (κ2) is 17.3. The first-order valence-corrected chi connectivity index (χ1v) is 6.83. The van der Waals surface area contributed by atoms with Crippen LogP contribution in [-0.4, -0.2) is 0 Å². The first kappa shape index (κ1) is 23.4. The lowest BCUT2D eigenvalue weighted by atomic mass is 10.2. The number of rotatable bonds is 2. The van der Waals surface area contributed by atoms with Crippen LogP contribution in [0.2, 0.25) is 0 Å². The molecule has 0 aliphatic rings. The van der Waals surface area contributed by atoms with Gasteiger partial charge in [0.1, 0.15) is 11.6 Å². The summed E-state index contributed by atoms with van der Waals surface area (Å²) in [5.74, 6) is -0.560. The second-order valence-corrected chi connectivity index (χ2v) is 3.29. The maximum absolute atomic E-state index is 12.2. The fraction of sp³-hybridized carbons (Fsp3) is 0.333. The summed E-state index contributed by atoms with van der Waals surface area (Å²) in [4.78, 5) is 0. The van der Waals surface area contributed by atoms with E-state index in [1.807, 2.05) is 40.7 Å². The summed E-state index contributed by atoms with van der Waals surface area (Å²) < 4.78 is 24.1. The average Bonchev–Trinajstić information content (AvgIpc) is 2.44. The fourth-order valence-electron chi connectivity index (χ4n) is 0.873. The third-order valence-electron chi connectivity index (χ3n) is 1.78. The SMILES string of the molecule is C=C/C=C(/C)C(=C)F.CC.CC.Cc1cccc(F)c1. The number of hydrogen-bond donors (Lipinski definition) is 0. The molecule has 0 aliphatic carbocycles. The van der Waals surface area contributed by atoms with Crippen molar-refractivity contribution >= 4 is 0 Å². The quantitative estimate of drug-likeness (QED) is 0.524. The smallest absolute Gasteiger partial charge is 0.123 e. The predicted molar refractivity (Wildman–Crippen MR) is 88.0 cm³/mol. The van der Waals surface area contributed by atoms with Crippen LogP contribution in [0.1, 0.15) is 40.2 Å². The van der Waals surface area contributed by atoms with E-state index in [1.165, 1.54) is 18.2 Å². The number of hydrogen-bond acceptors (Lipinski definition) is 0. The molecule has 0 atom stereocenters. The van der Waals surface area contributed by atoms with Crippen LogP contribution < -0.4 is 0 Å². The second-order valence-electron chi connectivity index (χ2n) is 3.29. The maximum Gasteiger partial charge on any atom is 0.123 e. The molecular weight excluding hydrogens is 254 g/mol. The Balaban J connectivity index is -0.000000231. The van der Waals surface area contributed by atoms with Crippen LogP contribution in [0.15, 0.2) is 61.0 Å². The maximum atomic E-state index is 12.2. The van der Waals surface area contributed by atoms with E-state index >= 15 is 0 Å². The molecule has 0 saturated carbocycles. The van der Waals surface area contributed by atoms with Gasteiger partial charge in [0.05, 0.1) is 0 Å². The molecule has 0 aromatic heterocycles. The lowest BCUT2D eigenvalue weighted by molar-refractivity contribution is 0.626. The van der Waals surface area contributed by atoms with Gasteiger partial charge in [-0.25, -0.2) is 8.78 Å². The van der Waals surface area contributed by atoms with Gasteiger partial charge in [0.25, 0.3) is 0 Å². The molecule has 114 valence electrons. The minimum atomic E-state index is -0.398. The highest BCUT2D eigenvalue weighted by Crippen LogP contribution is 2.05. The van der Waals surface area contributed by atoms with E-state index in [1.54, 1.807) is 19.1 Å². The third kappa shape index (κ3) is 16.3. The summed E-state index contributed by atoms with van der Waals surface area (Å²) in [6.45, 7) is 18.0. The van der Waals surface area contributed by atoms with Gasteiger partial charge in [-0.3, -0.25) is 0 Å². The van der Waals surface area contributed by atoms with Gasteiger partial charge in [0.2, 0.25) is 0 Å². The lowest BCUT2D eigenvalue weighted by Crippen LogP contribution is -1.72. The van der Waals surface area contributed by atoms with E-state index in [-0.39, 0.29) is 5.82 Å². The van der Waals surface area contributed by atoms with Crippen molar-refractivity contribution in [2.75, 3.05) is 0 Å². The minimum absolute atomic E-state index is 0.162. The van der Waals surface area contributed by atoms with Gasteiger partial charge in [-0.1, -0.05) is 65.1 Å². The van der Waals surface area contributed by atoms with E-state index < -0.39 is 5.83 Å². The zero-order valence-electron chi connectivity index (χ0n) is 13.6. The number of allylic oxidation sites excluding steroid dienone is 4. The molecule has 0 bridgehead atoms. The Kier molecular flexibility index (Phi) is 20.2. The van der Waals surface area contributed by atoms with Crippen molar-refractivity contribution in [2.24, 2.45) is 0 Å². The molecule has 1 aromatic carbocycles. The summed E-state index contributed by atoms with van der Waals surface area (Å²) in [5.41, 5.74) is 1.49. The van der Waals surface area contributed by atoms with Crippen molar-refractivity contribution in [3.63, 3.8) is 0 Å². The molecule has 0 fully saturated rings. The van der Waals surface area contributed by atoms with Gasteiger partial charge < -0.3 is 0 Å². The Labute approximate surface area is 123 Å². The predicted octanol–water partition coefficient (Wildman–Crippen LogP) is 6.79. The largest absolute Gasteiger partial charge is 0.207 e. The van der Waals surface area contributed by atoms with Crippen LogP contribution in [0.25, 0.3) is 0 Å². The fourth-order valence-corrected chi connectivity index (χ4v) is 0.873. The van der Waals surface area contributed by atoms with Crippen LogP contribution in [-0.2, 0) is 0 Å². The van der Waals surface area contributed by atoms with Crippen molar-refractivity contribution in [3.8, 4) is 0 Å².